The molecule has 2 heterocycles. The van der Waals surface area contributed by atoms with Crippen LogP contribution in [0.4, 0.5) is 10.2 Å². The molecule has 3 aromatic rings. The van der Waals surface area contributed by atoms with Crippen LogP contribution in [0.1, 0.15) is 12.8 Å². The van der Waals surface area contributed by atoms with Gasteiger partial charge in [-0.05, 0) is 36.6 Å². The number of anilines is 1. The van der Waals surface area contributed by atoms with Crippen molar-refractivity contribution in [3.8, 4) is 28.1 Å². The van der Waals surface area contributed by atoms with Gasteiger partial charge in [0, 0.05) is 11.1 Å². The lowest BCUT2D eigenvalue weighted by Gasteiger charge is -2.24. The maximum atomic E-state index is 14.8. The summed E-state index contributed by atoms with van der Waals surface area (Å²) >= 11 is 0. The first kappa shape index (κ1) is 19.3. The first-order valence-electron chi connectivity index (χ1n) is 9.25. The molecule has 1 aromatic heterocycles. The third-order valence-corrected chi connectivity index (χ3v) is 6.63. The van der Waals surface area contributed by atoms with Gasteiger partial charge in [0.1, 0.15) is 23.5 Å². The van der Waals surface area contributed by atoms with Gasteiger partial charge in [-0.2, -0.15) is 0 Å². The molecule has 6 nitrogen and oxygen atoms in total. The van der Waals surface area contributed by atoms with Crippen molar-refractivity contribution in [2.75, 3.05) is 17.2 Å². The van der Waals surface area contributed by atoms with Gasteiger partial charge in [-0.1, -0.05) is 24.3 Å². The molecule has 1 fully saturated rings. The predicted molar refractivity (Wildman–Crippen MR) is 110 cm³/mol. The van der Waals surface area contributed by atoms with Crippen molar-refractivity contribution >= 4 is 15.7 Å². The Balaban J connectivity index is 1.60. The lowest BCUT2D eigenvalue weighted by Crippen LogP contribution is -2.30. The van der Waals surface area contributed by atoms with Gasteiger partial charge in [0.25, 0.3) is 0 Å². The maximum Gasteiger partial charge on any atom is 0.150 e. The van der Waals surface area contributed by atoms with Crippen molar-refractivity contribution in [1.82, 2.24) is 9.97 Å². The Morgan fingerprint density at radius 2 is 1.76 bits per heavy atom. The number of benzene rings is 2. The zero-order valence-electron chi connectivity index (χ0n) is 15.6. The van der Waals surface area contributed by atoms with Gasteiger partial charge >= 0.3 is 0 Å². The average molecular weight is 413 g/mol. The van der Waals surface area contributed by atoms with Gasteiger partial charge in [-0.25, -0.2) is 17.8 Å². The Morgan fingerprint density at radius 3 is 2.45 bits per heavy atom. The van der Waals surface area contributed by atoms with E-state index < -0.39 is 15.7 Å². The molecular weight excluding hydrogens is 393 g/mol. The molecule has 0 atom stereocenters. The van der Waals surface area contributed by atoms with Crippen LogP contribution in [-0.2, 0) is 9.84 Å². The molecule has 0 unspecified atom stereocenters. The molecule has 0 amide bonds. The first-order chi connectivity index (χ1) is 13.9. The smallest absolute Gasteiger partial charge is 0.150 e. The number of sulfone groups is 1. The highest BCUT2D eigenvalue weighted by molar-refractivity contribution is 7.91. The van der Waals surface area contributed by atoms with Crippen molar-refractivity contribution in [3.05, 3.63) is 60.7 Å². The SMILES string of the molecule is Nc1cnc(-c2ccc(-c3ccccc3OC3CCS(=O)(=O)CC3)cc2F)cn1. The van der Waals surface area contributed by atoms with Crippen molar-refractivity contribution in [1.29, 1.82) is 0 Å². The molecular formula is C21H20FN3O3S. The van der Waals surface area contributed by atoms with E-state index in [1.54, 1.807) is 12.1 Å². The number of nitrogens with zero attached hydrogens (tertiary/aromatic N) is 2. The Morgan fingerprint density at radius 1 is 1.00 bits per heavy atom. The average Bonchev–Trinajstić information content (AvgIpc) is 2.71. The summed E-state index contributed by atoms with van der Waals surface area (Å²) in [6, 6.07) is 12.2. The zero-order chi connectivity index (χ0) is 20.4. The molecule has 0 saturated carbocycles. The molecule has 1 aliphatic heterocycles. The number of nitrogens with two attached hydrogens (primary N) is 1. The summed E-state index contributed by atoms with van der Waals surface area (Å²) in [5, 5.41) is 0. The molecule has 0 bridgehead atoms. The molecule has 29 heavy (non-hydrogen) atoms. The second-order valence-electron chi connectivity index (χ2n) is 6.99. The third kappa shape index (κ3) is 4.37. The van der Waals surface area contributed by atoms with Gasteiger partial charge < -0.3 is 10.5 Å². The van der Waals surface area contributed by atoms with Crippen LogP contribution in [0.15, 0.2) is 54.9 Å². The van der Waals surface area contributed by atoms with Gasteiger partial charge in [0.05, 0.1) is 29.6 Å². The molecule has 1 aliphatic rings. The van der Waals surface area contributed by atoms with Crippen LogP contribution in [0.5, 0.6) is 5.75 Å². The van der Waals surface area contributed by atoms with E-state index in [9.17, 15) is 12.8 Å². The second-order valence-corrected chi connectivity index (χ2v) is 9.29. The number of hydrogen-bond donors (Lipinski definition) is 1. The number of para-hydroxylation sites is 1. The lowest BCUT2D eigenvalue weighted by molar-refractivity contribution is 0.190. The molecule has 2 N–H and O–H groups in total. The Labute approximate surface area is 168 Å². The van der Waals surface area contributed by atoms with Gasteiger partial charge in [0.2, 0.25) is 0 Å². The lowest BCUT2D eigenvalue weighted by atomic mass is 10.0. The van der Waals surface area contributed by atoms with Crippen molar-refractivity contribution in [2.45, 2.75) is 18.9 Å². The summed E-state index contributed by atoms with van der Waals surface area (Å²) in [6.07, 6.45) is 3.56. The van der Waals surface area contributed by atoms with Crippen LogP contribution >= 0.6 is 0 Å². The normalized spacial score (nSPS) is 16.4. The summed E-state index contributed by atoms with van der Waals surface area (Å²) in [6.45, 7) is 0. The van der Waals surface area contributed by atoms with Crippen LogP contribution in [-0.4, -0.2) is 36.0 Å². The minimum absolute atomic E-state index is 0.131. The quantitative estimate of drug-likeness (QED) is 0.704. The fourth-order valence-corrected chi connectivity index (χ4v) is 4.79. The van der Waals surface area contributed by atoms with Crippen LogP contribution < -0.4 is 10.5 Å². The fourth-order valence-electron chi connectivity index (χ4n) is 3.34. The second kappa shape index (κ2) is 7.79. The molecule has 0 spiro atoms. The first-order valence-corrected chi connectivity index (χ1v) is 11.1. The summed E-state index contributed by atoms with van der Waals surface area (Å²) in [5.41, 5.74) is 7.67. The number of hydrogen-bond acceptors (Lipinski definition) is 6. The van der Waals surface area contributed by atoms with Gasteiger partial charge in [-0.3, -0.25) is 4.98 Å². The molecule has 1 saturated heterocycles. The minimum Gasteiger partial charge on any atom is -0.490 e. The van der Waals surface area contributed by atoms with Crippen LogP contribution in [0.2, 0.25) is 0 Å². The number of halogens is 1. The monoisotopic (exact) mass is 413 g/mol. The third-order valence-electron chi connectivity index (χ3n) is 4.91. The fraction of sp³-hybridized carbons (Fsp3) is 0.238. The Kier molecular flexibility index (Phi) is 5.19. The van der Waals surface area contributed by atoms with E-state index >= 15 is 0 Å². The van der Waals surface area contributed by atoms with Crippen LogP contribution in [0.25, 0.3) is 22.4 Å². The van der Waals surface area contributed by atoms with Crippen molar-refractivity contribution in [3.63, 3.8) is 0 Å². The van der Waals surface area contributed by atoms with E-state index in [2.05, 4.69) is 9.97 Å². The van der Waals surface area contributed by atoms with Gasteiger partial charge in [0.15, 0.2) is 9.84 Å². The highest BCUT2D eigenvalue weighted by Gasteiger charge is 2.25. The number of nitrogen functional groups attached to an aromatic ring is 1. The minimum atomic E-state index is -2.96. The van der Waals surface area contributed by atoms with E-state index in [1.807, 2.05) is 24.3 Å². The van der Waals surface area contributed by atoms with Crippen molar-refractivity contribution in [2.24, 2.45) is 0 Å². The van der Waals surface area contributed by atoms with Crippen molar-refractivity contribution < 1.29 is 17.5 Å². The van der Waals surface area contributed by atoms with Gasteiger partial charge in [-0.15, -0.1) is 0 Å². The standard InChI is InChI=1S/C21H20FN3O3S/c22-18-11-14(5-6-17(18)19-12-25-21(23)13-24-19)16-3-1-2-4-20(16)28-15-7-9-29(26,27)10-8-15/h1-6,11-13,15H,7-10H2,(H2,23,25). The van der Waals surface area contributed by atoms with Crippen LogP contribution in [0, 0.1) is 5.82 Å². The summed E-state index contributed by atoms with van der Waals surface area (Å²) < 4.78 is 44.1. The maximum absolute atomic E-state index is 14.8. The zero-order valence-corrected chi connectivity index (χ0v) is 16.4. The molecule has 0 radical (unpaired) electrons. The number of aromatic nitrogens is 2. The summed E-state index contributed by atoms with van der Waals surface area (Å²) in [4.78, 5) is 8.07. The highest BCUT2D eigenvalue weighted by Crippen LogP contribution is 2.34. The van der Waals surface area contributed by atoms with E-state index in [4.69, 9.17) is 10.5 Å². The predicted octanol–water partition coefficient (Wildman–Crippen LogP) is 3.49. The van der Waals surface area contributed by atoms with E-state index in [0.29, 0.717) is 35.4 Å². The molecule has 4 rings (SSSR count). The highest BCUT2D eigenvalue weighted by atomic mass is 32.2. The van der Waals surface area contributed by atoms with E-state index in [1.165, 1.54) is 18.5 Å². The summed E-state index contributed by atoms with van der Waals surface area (Å²) in [7, 11) is -2.96. The number of ether oxygens (including phenoxy) is 1. The Hall–Kier alpha value is -3.00. The molecule has 150 valence electrons. The Bertz CT molecular complexity index is 1120. The largest absolute Gasteiger partial charge is 0.490 e. The molecule has 2 aromatic carbocycles. The molecule has 8 heteroatoms. The topological polar surface area (TPSA) is 95.2 Å². The van der Waals surface area contributed by atoms with E-state index in [-0.39, 0.29) is 23.4 Å². The van der Waals surface area contributed by atoms with E-state index in [0.717, 1.165) is 5.56 Å². The summed E-state index contributed by atoms with van der Waals surface area (Å²) in [5.74, 6) is 0.709. The molecule has 0 aliphatic carbocycles. The number of rotatable bonds is 4. The van der Waals surface area contributed by atoms with Crippen LogP contribution in [0.3, 0.4) is 0 Å².